The number of carbonyl (C=O) groups is 1. The SMILES string of the molecule is NS(=O)(=O)c1ccc(C(CCO)NC(=O)O)cc1. The Bertz CT molecular complexity index is 512. The van der Waals surface area contributed by atoms with Crippen LogP contribution in [0, 0.1) is 0 Å². The molecule has 100 valence electrons. The average Bonchev–Trinajstić information content (AvgIpc) is 2.27. The largest absolute Gasteiger partial charge is 0.465 e. The third-order valence-corrected chi connectivity index (χ3v) is 3.26. The number of benzene rings is 1. The van der Waals surface area contributed by atoms with Crippen LogP contribution in [-0.2, 0) is 10.0 Å². The number of primary sulfonamides is 1. The molecule has 0 heterocycles. The maximum atomic E-state index is 11.0. The molecule has 0 saturated heterocycles. The van der Waals surface area contributed by atoms with Gasteiger partial charge in [-0.05, 0) is 24.1 Å². The van der Waals surface area contributed by atoms with Crippen LogP contribution in [0.4, 0.5) is 4.79 Å². The minimum atomic E-state index is -3.77. The molecule has 0 aliphatic heterocycles. The highest BCUT2D eigenvalue weighted by Gasteiger charge is 2.14. The van der Waals surface area contributed by atoms with Gasteiger partial charge in [0, 0.05) is 6.61 Å². The molecule has 0 radical (unpaired) electrons. The van der Waals surface area contributed by atoms with Gasteiger partial charge in [-0.1, -0.05) is 12.1 Å². The number of rotatable bonds is 5. The summed E-state index contributed by atoms with van der Waals surface area (Å²) in [4.78, 5) is 10.5. The quantitative estimate of drug-likeness (QED) is 0.601. The zero-order valence-corrected chi connectivity index (χ0v) is 10.2. The lowest BCUT2D eigenvalue weighted by Crippen LogP contribution is -2.27. The standard InChI is InChI=1S/C10H14N2O5S/c11-18(16,17)8-3-1-7(2-4-8)9(5-6-13)12-10(14)15/h1-4,9,12-13H,5-6H2,(H,14,15)(H2,11,16,17). The number of amides is 1. The lowest BCUT2D eigenvalue weighted by atomic mass is 10.0. The van der Waals surface area contributed by atoms with Gasteiger partial charge < -0.3 is 15.5 Å². The van der Waals surface area contributed by atoms with Crippen LogP contribution < -0.4 is 10.5 Å². The van der Waals surface area contributed by atoms with Crippen molar-refractivity contribution in [2.75, 3.05) is 6.61 Å². The Morgan fingerprint density at radius 2 is 1.89 bits per heavy atom. The molecule has 0 spiro atoms. The molecule has 1 amide bonds. The highest BCUT2D eigenvalue weighted by Crippen LogP contribution is 2.18. The number of sulfonamides is 1. The van der Waals surface area contributed by atoms with E-state index in [9.17, 15) is 13.2 Å². The van der Waals surface area contributed by atoms with Gasteiger partial charge in [-0.3, -0.25) is 0 Å². The first kappa shape index (κ1) is 14.4. The third-order valence-electron chi connectivity index (χ3n) is 2.33. The molecule has 0 saturated carbocycles. The van der Waals surface area contributed by atoms with Crippen LogP contribution in [0.3, 0.4) is 0 Å². The number of aliphatic hydroxyl groups is 1. The molecule has 0 fully saturated rings. The van der Waals surface area contributed by atoms with Gasteiger partial charge in [0.15, 0.2) is 0 Å². The molecule has 0 aromatic heterocycles. The molecule has 0 aliphatic rings. The molecule has 1 aromatic rings. The van der Waals surface area contributed by atoms with E-state index in [0.717, 1.165) is 0 Å². The predicted molar refractivity (Wildman–Crippen MR) is 63.4 cm³/mol. The first-order valence-corrected chi connectivity index (χ1v) is 6.62. The Labute approximate surface area is 104 Å². The zero-order chi connectivity index (χ0) is 13.8. The second-order valence-electron chi connectivity index (χ2n) is 3.63. The molecule has 18 heavy (non-hydrogen) atoms. The average molecular weight is 274 g/mol. The van der Waals surface area contributed by atoms with Crippen LogP contribution in [0.5, 0.6) is 0 Å². The number of carboxylic acid groups (broad SMARTS) is 1. The molecule has 1 atom stereocenters. The van der Waals surface area contributed by atoms with Crippen molar-refractivity contribution in [2.45, 2.75) is 17.4 Å². The number of nitrogens with two attached hydrogens (primary N) is 1. The van der Waals surface area contributed by atoms with Crippen molar-refractivity contribution in [3.63, 3.8) is 0 Å². The van der Waals surface area contributed by atoms with Gasteiger partial charge in [0.2, 0.25) is 10.0 Å². The third kappa shape index (κ3) is 3.99. The molecular formula is C10H14N2O5S. The van der Waals surface area contributed by atoms with E-state index in [1.807, 2.05) is 0 Å². The number of hydrogen-bond acceptors (Lipinski definition) is 4. The number of hydrogen-bond donors (Lipinski definition) is 4. The monoisotopic (exact) mass is 274 g/mol. The second kappa shape index (κ2) is 5.80. The van der Waals surface area contributed by atoms with Crippen molar-refractivity contribution < 1.29 is 23.4 Å². The molecule has 1 unspecified atom stereocenters. The van der Waals surface area contributed by atoms with Crippen LogP contribution in [0.2, 0.25) is 0 Å². The molecule has 0 bridgehead atoms. The Hall–Kier alpha value is -1.64. The van der Waals surface area contributed by atoms with Crippen LogP contribution >= 0.6 is 0 Å². The molecular weight excluding hydrogens is 260 g/mol. The Kier molecular flexibility index (Phi) is 4.65. The first-order chi connectivity index (χ1) is 8.34. The predicted octanol–water partition coefficient (Wildman–Crippen LogP) is 0.0251. The Balaban J connectivity index is 2.96. The van der Waals surface area contributed by atoms with Gasteiger partial charge in [0.25, 0.3) is 0 Å². The Morgan fingerprint density at radius 3 is 2.28 bits per heavy atom. The summed E-state index contributed by atoms with van der Waals surface area (Å²) >= 11 is 0. The van der Waals surface area contributed by atoms with Gasteiger partial charge in [-0.25, -0.2) is 18.4 Å². The summed E-state index contributed by atoms with van der Waals surface area (Å²) < 4.78 is 22.1. The van der Waals surface area contributed by atoms with E-state index in [1.54, 1.807) is 0 Å². The zero-order valence-electron chi connectivity index (χ0n) is 9.41. The summed E-state index contributed by atoms with van der Waals surface area (Å²) in [6.45, 7) is -0.193. The van der Waals surface area contributed by atoms with E-state index in [1.165, 1.54) is 24.3 Å². The van der Waals surface area contributed by atoms with Crippen molar-refractivity contribution in [1.29, 1.82) is 0 Å². The highest BCUT2D eigenvalue weighted by molar-refractivity contribution is 7.89. The van der Waals surface area contributed by atoms with E-state index in [2.05, 4.69) is 5.32 Å². The minimum Gasteiger partial charge on any atom is -0.465 e. The normalized spacial score (nSPS) is 13.0. The summed E-state index contributed by atoms with van der Waals surface area (Å²) in [5, 5.41) is 24.7. The van der Waals surface area contributed by atoms with Crippen molar-refractivity contribution in [3.05, 3.63) is 29.8 Å². The molecule has 5 N–H and O–H groups in total. The topological polar surface area (TPSA) is 130 Å². The fraction of sp³-hybridized carbons (Fsp3) is 0.300. The molecule has 7 nitrogen and oxygen atoms in total. The van der Waals surface area contributed by atoms with Gasteiger partial charge in [-0.15, -0.1) is 0 Å². The highest BCUT2D eigenvalue weighted by atomic mass is 32.2. The van der Waals surface area contributed by atoms with Gasteiger partial charge in [0.05, 0.1) is 10.9 Å². The Morgan fingerprint density at radius 1 is 1.33 bits per heavy atom. The van der Waals surface area contributed by atoms with E-state index >= 15 is 0 Å². The maximum Gasteiger partial charge on any atom is 0.405 e. The lowest BCUT2D eigenvalue weighted by molar-refractivity contribution is 0.185. The van der Waals surface area contributed by atoms with Crippen molar-refractivity contribution in [3.8, 4) is 0 Å². The van der Waals surface area contributed by atoms with Crippen LogP contribution in [0.1, 0.15) is 18.0 Å². The van der Waals surface area contributed by atoms with Crippen molar-refractivity contribution >= 4 is 16.1 Å². The number of aliphatic hydroxyl groups excluding tert-OH is 1. The molecule has 8 heteroatoms. The van der Waals surface area contributed by atoms with E-state index in [4.69, 9.17) is 15.4 Å². The minimum absolute atomic E-state index is 0.0516. The summed E-state index contributed by atoms with van der Waals surface area (Å²) in [6, 6.07) is 4.89. The van der Waals surface area contributed by atoms with Crippen molar-refractivity contribution in [2.24, 2.45) is 5.14 Å². The smallest absolute Gasteiger partial charge is 0.405 e. The van der Waals surface area contributed by atoms with Crippen LogP contribution in [0.15, 0.2) is 29.2 Å². The van der Waals surface area contributed by atoms with E-state index in [0.29, 0.717) is 5.56 Å². The molecule has 1 rings (SSSR count). The second-order valence-corrected chi connectivity index (χ2v) is 5.19. The summed E-state index contributed by atoms with van der Waals surface area (Å²) in [5.74, 6) is 0. The summed E-state index contributed by atoms with van der Waals surface area (Å²) in [6.07, 6.45) is -1.02. The van der Waals surface area contributed by atoms with Crippen LogP contribution in [-0.4, -0.2) is 31.3 Å². The first-order valence-electron chi connectivity index (χ1n) is 5.07. The van der Waals surface area contributed by atoms with Gasteiger partial charge >= 0.3 is 6.09 Å². The van der Waals surface area contributed by atoms with Crippen molar-refractivity contribution in [1.82, 2.24) is 5.32 Å². The van der Waals surface area contributed by atoms with Gasteiger partial charge in [-0.2, -0.15) is 0 Å². The fourth-order valence-corrected chi connectivity index (χ4v) is 2.01. The number of nitrogens with one attached hydrogen (secondary N) is 1. The van der Waals surface area contributed by atoms with Gasteiger partial charge in [0.1, 0.15) is 0 Å². The molecule has 0 aliphatic carbocycles. The fourth-order valence-electron chi connectivity index (χ4n) is 1.49. The summed E-state index contributed by atoms with van der Waals surface area (Å²) in [7, 11) is -3.77. The maximum absolute atomic E-state index is 11.0. The van der Waals surface area contributed by atoms with E-state index < -0.39 is 22.2 Å². The lowest BCUT2D eigenvalue weighted by Gasteiger charge is -2.16. The van der Waals surface area contributed by atoms with E-state index in [-0.39, 0.29) is 17.9 Å². The molecule has 1 aromatic carbocycles. The van der Waals surface area contributed by atoms with Crippen LogP contribution in [0.25, 0.3) is 0 Å². The summed E-state index contributed by atoms with van der Waals surface area (Å²) in [5.41, 5.74) is 0.554.